The molecule has 3 heterocycles. The van der Waals surface area contributed by atoms with E-state index in [0.717, 1.165) is 58.5 Å². The van der Waals surface area contributed by atoms with Crippen molar-refractivity contribution in [1.82, 2.24) is 20.1 Å². The number of Topliss-reactive ketones (excluding diaryl/α,β-unsaturated/α-hetero) is 1. The predicted octanol–water partition coefficient (Wildman–Crippen LogP) is 4.21. The summed E-state index contributed by atoms with van der Waals surface area (Å²) >= 11 is 1.21. The highest BCUT2D eigenvalue weighted by atomic mass is 32.1. The van der Waals surface area contributed by atoms with Gasteiger partial charge in [-0.1, -0.05) is 23.5 Å². The van der Waals surface area contributed by atoms with Gasteiger partial charge in [0, 0.05) is 58.7 Å². The van der Waals surface area contributed by atoms with E-state index in [4.69, 9.17) is 4.74 Å². The lowest BCUT2D eigenvalue weighted by Crippen LogP contribution is -2.56. The van der Waals surface area contributed by atoms with Crippen LogP contribution in [0.5, 0.6) is 0 Å². The molecule has 38 heavy (non-hydrogen) atoms. The van der Waals surface area contributed by atoms with Crippen LogP contribution < -0.4 is 10.6 Å². The number of carbonyl (C=O) groups is 2. The molecule has 2 aliphatic rings. The molecule has 0 bridgehead atoms. The molecule has 2 saturated heterocycles. The molecule has 0 unspecified atom stereocenters. The van der Waals surface area contributed by atoms with Crippen LogP contribution in [-0.4, -0.2) is 85.6 Å². The first kappa shape index (κ1) is 28.6. The molecule has 2 aromatic rings. The number of aromatic nitrogens is 1. The molecule has 0 radical (unpaired) electrons. The van der Waals surface area contributed by atoms with E-state index in [1.54, 1.807) is 26.2 Å². The Kier molecular flexibility index (Phi) is 10.2. The van der Waals surface area contributed by atoms with Gasteiger partial charge in [-0.3, -0.25) is 10.1 Å². The molecule has 2 aliphatic heterocycles. The molecule has 1 aromatic heterocycles. The molecule has 2 N–H and O–H groups in total. The van der Waals surface area contributed by atoms with Crippen LogP contribution in [0.15, 0.2) is 24.3 Å². The fourth-order valence-electron chi connectivity index (χ4n) is 5.75. The van der Waals surface area contributed by atoms with Crippen molar-refractivity contribution >= 4 is 28.3 Å². The van der Waals surface area contributed by atoms with Crippen LogP contribution in [0.25, 0.3) is 0 Å². The molecular formula is C28H40FN5O3S. The van der Waals surface area contributed by atoms with E-state index in [1.807, 2.05) is 12.1 Å². The maximum absolute atomic E-state index is 13.3. The molecule has 1 aromatic carbocycles. The van der Waals surface area contributed by atoms with Crippen molar-refractivity contribution in [3.63, 3.8) is 0 Å². The predicted molar refractivity (Wildman–Crippen MR) is 148 cm³/mol. The Morgan fingerprint density at radius 2 is 1.95 bits per heavy atom. The summed E-state index contributed by atoms with van der Waals surface area (Å²) in [5.41, 5.74) is 1.82. The van der Waals surface area contributed by atoms with Gasteiger partial charge in [-0.05, 0) is 62.8 Å². The summed E-state index contributed by atoms with van der Waals surface area (Å²) in [5.74, 6) is 0.583. The monoisotopic (exact) mass is 545 g/mol. The van der Waals surface area contributed by atoms with E-state index in [-0.39, 0.29) is 29.6 Å². The lowest BCUT2D eigenvalue weighted by atomic mass is 9.88. The number of hydrogen-bond donors (Lipinski definition) is 2. The summed E-state index contributed by atoms with van der Waals surface area (Å²) in [5, 5.41) is 6.50. The molecule has 3 atom stereocenters. The zero-order valence-corrected chi connectivity index (χ0v) is 23.5. The standard InChI is InChI=1S/C28H40FN5O3S/c1-19-26(20(2)35)38-28(30-19)32-27(36)31-25-10-12-33(13-14-37-3)17-23(25)18-34-11-4-5-22(16-34)15-21-6-8-24(29)9-7-21/h6-9,22-23,25H,4-5,10-18H2,1-3H3,(H2,30,31,32,36)/t22-,23-,25+/m0/s1. The average molecular weight is 546 g/mol. The van der Waals surface area contributed by atoms with Crippen molar-refractivity contribution in [1.29, 1.82) is 0 Å². The number of urea groups is 1. The van der Waals surface area contributed by atoms with Gasteiger partial charge >= 0.3 is 6.03 Å². The topological polar surface area (TPSA) is 86.8 Å². The van der Waals surface area contributed by atoms with E-state index < -0.39 is 0 Å². The fraction of sp³-hybridized carbons (Fsp3) is 0.607. The molecule has 208 valence electrons. The van der Waals surface area contributed by atoms with Gasteiger partial charge in [-0.2, -0.15) is 0 Å². The number of thiazole rings is 1. The summed E-state index contributed by atoms with van der Waals surface area (Å²) in [7, 11) is 1.73. The molecule has 2 amide bonds. The number of halogens is 1. The van der Waals surface area contributed by atoms with Crippen molar-refractivity contribution in [3.05, 3.63) is 46.2 Å². The molecule has 8 nitrogen and oxygen atoms in total. The van der Waals surface area contributed by atoms with Crippen LogP contribution in [0.1, 0.15) is 47.1 Å². The van der Waals surface area contributed by atoms with Gasteiger partial charge in [0.15, 0.2) is 10.9 Å². The molecule has 2 fully saturated rings. The van der Waals surface area contributed by atoms with Gasteiger partial charge in [0.05, 0.1) is 17.2 Å². The lowest BCUT2D eigenvalue weighted by Gasteiger charge is -2.42. The minimum Gasteiger partial charge on any atom is -0.383 e. The number of aryl methyl sites for hydroxylation is 1. The van der Waals surface area contributed by atoms with E-state index in [0.29, 0.717) is 28.2 Å². The highest BCUT2D eigenvalue weighted by Gasteiger charge is 2.33. The number of nitrogens with one attached hydrogen (secondary N) is 2. The van der Waals surface area contributed by atoms with Crippen LogP contribution in [0, 0.1) is 24.6 Å². The van der Waals surface area contributed by atoms with Crippen molar-refractivity contribution in [2.45, 2.75) is 45.6 Å². The Bertz CT molecular complexity index is 1080. The van der Waals surface area contributed by atoms with Crippen LogP contribution >= 0.6 is 11.3 Å². The fourth-order valence-corrected chi connectivity index (χ4v) is 6.61. The first-order chi connectivity index (χ1) is 18.3. The smallest absolute Gasteiger partial charge is 0.321 e. The van der Waals surface area contributed by atoms with Crippen molar-refractivity contribution in [2.24, 2.45) is 11.8 Å². The number of anilines is 1. The number of carbonyl (C=O) groups excluding carboxylic acids is 2. The van der Waals surface area contributed by atoms with E-state index in [1.165, 1.54) is 30.2 Å². The third kappa shape index (κ3) is 8.05. The van der Waals surface area contributed by atoms with Crippen molar-refractivity contribution < 1.29 is 18.7 Å². The molecule has 10 heteroatoms. The third-order valence-electron chi connectivity index (χ3n) is 7.62. The summed E-state index contributed by atoms with van der Waals surface area (Å²) < 4.78 is 18.6. The van der Waals surface area contributed by atoms with Crippen LogP contribution in [-0.2, 0) is 11.2 Å². The number of methoxy groups -OCH3 is 1. The molecule has 0 saturated carbocycles. The highest BCUT2D eigenvalue weighted by molar-refractivity contribution is 7.17. The quantitative estimate of drug-likeness (QED) is 0.435. The number of nitrogens with zero attached hydrogens (tertiary/aromatic N) is 3. The molecule has 0 spiro atoms. The average Bonchev–Trinajstić information content (AvgIpc) is 3.25. The van der Waals surface area contributed by atoms with Gasteiger partial charge in [-0.15, -0.1) is 0 Å². The number of amides is 2. The maximum Gasteiger partial charge on any atom is 0.321 e. The Morgan fingerprint density at radius 1 is 1.16 bits per heavy atom. The minimum atomic E-state index is -0.276. The molecule has 4 rings (SSSR count). The Labute approximate surface area is 228 Å². The first-order valence-corrected chi connectivity index (χ1v) is 14.4. The normalized spacial score (nSPS) is 22.8. The van der Waals surface area contributed by atoms with E-state index in [2.05, 4.69) is 25.4 Å². The molecular weight excluding hydrogens is 505 g/mol. The van der Waals surface area contributed by atoms with E-state index in [9.17, 15) is 14.0 Å². The van der Waals surface area contributed by atoms with Gasteiger partial charge < -0.3 is 19.9 Å². The van der Waals surface area contributed by atoms with Crippen molar-refractivity contribution in [2.75, 3.05) is 58.3 Å². The van der Waals surface area contributed by atoms with Gasteiger partial charge in [0.25, 0.3) is 0 Å². The Balaban J connectivity index is 1.37. The van der Waals surface area contributed by atoms with Gasteiger partial charge in [0.1, 0.15) is 5.82 Å². The zero-order valence-electron chi connectivity index (χ0n) is 22.7. The number of rotatable bonds is 10. The molecule has 0 aliphatic carbocycles. The zero-order chi connectivity index (χ0) is 27.1. The van der Waals surface area contributed by atoms with E-state index >= 15 is 0 Å². The summed E-state index contributed by atoms with van der Waals surface area (Å²) in [6, 6.07) is 6.64. The number of hydrogen-bond acceptors (Lipinski definition) is 7. The number of benzene rings is 1. The number of likely N-dealkylation sites (tertiary alicyclic amines) is 2. The SMILES string of the molecule is COCCN1CC[C@@H](NC(=O)Nc2nc(C)c(C(C)=O)s2)[C@H](CN2CCC[C@@H](Cc3ccc(F)cc3)C2)C1. The highest BCUT2D eigenvalue weighted by Crippen LogP contribution is 2.26. The third-order valence-corrected chi connectivity index (χ3v) is 8.79. The minimum absolute atomic E-state index is 0.0413. The van der Waals surface area contributed by atoms with Crippen LogP contribution in [0.3, 0.4) is 0 Å². The maximum atomic E-state index is 13.3. The van der Waals surface area contributed by atoms with Crippen LogP contribution in [0.4, 0.5) is 14.3 Å². The summed E-state index contributed by atoms with van der Waals surface area (Å²) in [6.45, 7) is 9.65. The van der Waals surface area contributed by atoms with Gasteiger partial charge in [0.2, 0.25) is 0 Å². The number of piperidine rings is 2. The lowest BCUT2D eigenvalue weighted by molar-refractivity contribution is 0.0689. The largest absolute Gasteiger partial charge is 0.383 e. The second-order valence-corrected chi connectivity index (χ2v) is 11.6. The summed E-state index contributed by atoms with van der Waals surface area (Å²) in [6.07, 6.45) is 4.15. The Morgan fingerprint density at radius 3 is 2.66 bits per heavy atom. The van der Waals surface area contributed by atoms with Crippen LogP contribution in [0.2, 0.25) is 0 Å². The summed E-state index contributed by atoms with van der Waals surface area (Å²) in [4.78, 5) is 34.6. The second kappa shape index (κ2) is 13.6. The Hall–Kier alpha value is -2.40. The van der Waals surface area contributed by atoms with Crippen molar-refractivity contribution in [3.8, 4) is 0 Å². The second-order valence-electron chi connectivity index (χ2n) is 10.6. The number of ketones is 1. The first-order valence-electron chi connectivity index (χ1n) is 13.5. The number of ether oxygens (including phenoxy) is 1. The van der Waals surface area contributed by atoms with Gasteiger partial charge in [-0.25, -0.2) is 14.2 Å².